The van der Waals surface area contributed by atoms with Crippen molar-refractivity contribution in [1.29, 1.82) is 0 Å². The Labute approximate surface area is 144 Å². The van der Waals surface area contributed by atoms with E-state index in [0.717, 1.165) is 0 Å². The number of amides is 1. The van der Waals surface area contributed by atoms with Gasteiger partial charge >= 0.3 is 0 Å². The van der Waals surface area contributed by atoms with Gasteiger partial charge in [0.15, 0.2) is 17.3 Å². The minimum Gasteiger partial charge on any atom is -0.493 e. The lowest BCUT2D eigenvalue weighted by atomic mass is 9.88. The van der Waals surface area contributed by atoms with E-state index in [9.17, 15) is 9.59 Å². The van der Waals surface area contributed by atoms with E-state index in [4.69, 9.17) is 9.47 Å². The highest BCUT2D eigenvalue weighted by Crippen LogP contribution is 2.28. The van der Waals surface area contributed by atoms with E-state index >= 15 is 0 Å². The molecule has 5 nitrogen and oxygen atoms in total. The number of ketones is 1. The molecule has 1 atom stereocenters. The molecule has 0 spiro atoms. The van der Waals surface area contributed by atoms with Crippen LogP contribution < -0.4 is 14.8 Å². The lowest BCUT2D eigenvalue weighted by Gasteiger charge is -2.28. The lowest BCUT2D eigenvalue weighted by Crippen LogP contribution is -2.41. The van der Waals surface area contributed by atoms with E-state index in [1.54, 1.807) is 18.2 Å². The van der Waals surface area contributed by atoms with Crippen molar-refractivity contribution < 1.29 is 19.1 Å². The van der Waals surface area contributed by atoms with Gasteiger partial charge in [0.2, 0.25) is 5.91 Å². The Kier molecular flexibility index (Phi) is 7.26. The van der Waals surface area contributed by atoms with Crippen LogP contribution in [0.3, 0.4) is 0 Å². The molecule has 0 saturated heterocycles. The van der Waals surface area contributed by atoms with E-state index in [1.807, 2.05) is 6.92 Å². The average molecular weight is 335 g/mol. The minimum absolute atomic E-state index is 0.0236. The molecule has 1 aromatic carbocycles. The molecule has 0 radical (unpaired) electrons. The SMILES string of the molecule is COc1cc(C(C)=O)ccc1OCCCC(=O)NC(C)C(C)(C)C. The van der Waals surface area contributed by atoms with Gasteiger partial charge in [-0.05, 0) is 43.9 Å². The van der Waals surface area contributed by atoms with Crippen LogP contribution in [0.1, 0.15) is 57.8 Å². The molecule has 0 aromatic heterocycles. The fraction of sp³-hybridized carbons (Fsp3) is 0.579. The molecule has 0 saturated carbocycles. The third kappa shape index (κ3) is 6.22. The first-order chi connectivity index (χ1) is 11.1. The maximum atomic E-state index is 11.9. The fourth-order valence-electron chi connectivity index (χ4n) is 1.95. The second-order valence-electron chi connectivity index (χ2n) is 7.03. The van der Waals surface area contributed by atoms with Crippen LogP contribution in [0.4, 0.5) is 0 Å². The van der Waals surface area contributed by atoms with Crippen molar-refractivity contribution in [3.8, 4) is 11.5 Å². The number of carbonyl (C=O) groups excluding carboxylic acids is 2. The molecule has 0 bridgehead atoms. The highest BCUT2D eigenvalue weighted by Gasteiger charge is 2.21. The molecule has 1 aromatic rings. The van der Waals surface area contributed by atoms with Gasteiger partial charge in [-0.2, -0.15) is 0 Å². The predicted molar refractivity (Wildman–Crippen MR) is 94.8 cm³/mol. The van der Waals surface area contributed by atoms with Crippen LogP contribution in [0.25, 0.3) is 0 Å². The number of nitrogens with one attached hydrogen (secondary N) is 1. The van der Waals surface area contributed by atoms with Crippen molar-refractivity contribution >= 4 is 11.7 Å². The molecule has 1 amide bonds. The predicted octanol–water partition coefficient (Wildman–Crippen LogP) is 3.61. The Morgan fingerprint density at radius 1 is 1.21 bits per heavy atom. The van der Waals surface area contributed by atoms with Crippen molar-refractivity contribution in [2.75, 3.05) is 13.7 Å². The standard InChI is InChI=1S/C19H29NO4/c1-13(21)15-9-10-16(17(12-15)23-6)24-11-7-8-18(22)20-14(2)19(3,4)5/h9-10,12,14H,7-8,11H2,1-6H3,(H,20,22). The molecule has 24 heavy (non-hydrogen) atoms. The van der Waals surface area contributed by atoms with Crippen LogP contribution in [-0.4, -0.2) is 31.4 Å². The molecule has 1 rings (SSSR count). The summed E-state index contributed by atoms with van der Waals surface area (Å²) in [7, 11) is 1.54. The summed E-state index contributed by atoms with van der Waals surface area (Å²) in [6, 6.07) is 5.20. The van der Waals surface area contributed by atoms with Crippen LogP contribution in [0.5, 0.6) is 11.5 Å². The molecule has 5 heteroatoms. The monoisotopic (exact) mass is 335 g/mol. The topological polar surface area (TPSA) is 64.6 Å². The zero-order chi connectivity index (χ0) is 18.3. The number of rotatable bonds is 8. The van der Waals surface area contributed by atoms with Crippen molar-refractivity contribution in [2.45, 2.75) is 53.5 Å². The zero-order valence-electron chi connectivity index (χ0n) is 15.6. The van der Waals surface area contributed by atoms with Gasteiger partial charge in [0, 0.05) is 18.0 Å². The van der Waals surface area contributed by atoms with E-state index in [-0.39, 0.29) is 23.1 Å². The van der Waals surface area contributed by atoms with Crippen LogP contribution >= 0.6 is 0 Å². The van der Waals surface area contributed by atoms with Gasteiger partial charge < -0.3 is 14.8 Å². The second-order valence-corrected chi connectivity index (χ2v) is 7.03. The molecule has 134 valence electrons. The van der Waals surface area contributed by atoms with Crippen molar-refractivity contribution in [1.82, 2.24) is 5.32 Å². The average Bonchev–Trinajstić information content (AvgIpc) is 2.50. The maximum absolute atomic E-state index is 11.9. The molecule has 1 N–H and O–H groups in total. The maximum Gasteiger partial charge on any atom is 0.220 e. The zero-order valence-corrected chi connectivity index (χ0v) is 15.6. The summed E-state index contributed by atoms with van der Waals surface area (Å²) in [5, 5.41) is 3.00. The first-order valence-corrected chi connectivity index (χ1v) is 8.26. The molecular formula is C19H29NO4. The molecule has 0 fully saturated rings. The van der Waals surface area contributed by atoms with Crippen molar-refractivity contribution in [3.63, 3.8) is 0 Å². The van der Waals surface area contributed by atoms with E-state index in [1.165, 1.54) is 14.0 Å². The number of Topliss-reactive ketones (excluding diaryl/α,β-unsaturated/α-hetero) is 1. The Bertz CT molecular complexity index is 575. The van der Waals surface area contributed by atoms with Gasteiger partial charge in [-0.3, -0.25) is 9.59 Å². The molecule has 0 aliphatic rings. The summed E-state index contributed by atoms with van der Waals surface area (Å²) in [5.74, 6) is 1.10. The highest BCUT2D eigenvalue weighted by molar-refractivity contribution is 5.94. The summed E-state index contributed by atoms with van der Waals surface area (Å²) in [6.07, 6.45) is 1.02. The minimum atomic E-state index is -0.0236. The second kappa shape index (κ2) is 8.71. The van der Waals surface area contributed by atoms with Crippen molar-refractivity contribution in [3.05, 3.63) is 23.8 Å². The number of methoxy groups -OCH3 is 1. The normalized spacial score (nSPS) is 12.4. The van der Waals surface area contributed by atoms with Crippen LogP contribution in [0.15, 0.2) is 18.2 Å². The van der Waals surface area contributed by atoms with Gasteiger partial charge in [0.05, 0.1) is 13.7 Å². The lowest BCUT2D eigenvalue weighted by molar-refractivity contribution is -0.122. The van der Waals surface area contributed by atoms with Crippen molar-refractivity contribution in [2.24, 2.45) is 5.41 Å². The van der Waals surface area contributed by atoms with E-state index < -0.39 is 0 Å². The fourth-order valence-corrected chi connectivity index (χ4v) is 1.95. The summed E-state index contributed by atoms with van der Waals surface area (Å²) < 4.78 is 10.9. The van der Waals surface area contributed by atoms with Gasteiger partial charge in [0.1, 0.15) is 0 Å². The summed E-state index contributed by atoms with van der Waals surface area (Å²) in [5.41, 5.74) is 0.618. The summed E-state index contributed by atoms with van der Waals surface area (Å²) >= 11 is 0. The third-order valence-electron chi connectivity index (χ3n) is 4.05. The highest BCUT2D eigenvalue weighted by atomic mass is 16.5. The Morgan fingerprint density at radius 2 is 1.88 bits per heavy atom. The first-order valence-electron chi connectivity index (χ1n) is 8.26. The van der Waals surface area contributed by atoms with E-state index in [2.05, 4.69) is 26.1 Å². The molecule has 0 heterocycles. The molecule has 0 aliphatic heterocycles. The van der Waals surface area contributed by atoms with Gasteiger partial charge in [0.25, 0.3) is 0 Å². The molecule has 1 unspecified atom stereocenters. The van der Waals surface area contributed by atoms with Gasteiger partial charge in [-0.15, -0.1) is 0 Å². The van der Waals surface area contributed by atoms with Crippen LogP contribution in [0.2, 0.25) is 0 Å². The quantitative estimate of drug-likeness (QED) is 0.582. The Morgan fingerprint density at radius 3 is 2.42 bits per heavy atom. The van der Waals surface area contributed by atoms with Crippen LogP contribution in [-0.2, 0) is 4.79 Å². The number of ether oxygens (including phenoxy) is 2. The first kappa shape index (κ1) is 20.0. The Hall–Kier alpha value is -2.04. The smallest absolute Gasteiger partial charge is 0.220 e. The molecule has 0 aliphatic carbocycles. The van der Waals surface area contributed by atoms with E-state index in [0.29, 0.717) is 36.5 Å². The number of benzene rings is 1. The molecular weight excluding hydrogens is 306 g/mol. The number of hydrogen-bond donors (Lipinski definition) is 1. The van der Waals surface area contributed by atoms with Gasteiger partial charge in [-0.25, -0.2) is 0 Å². The summed E-state index contributed by atoms with van der Waals surface area (Å²) in [6.45, 7) is 10.2. The summed E-state index contributed by atoms with van der Waals surface area (Å²) in [4.78, 5) is 23.3. The van der Waals surface area contributed by atoms with Gasteiger partial charge in [-0.1, -0.05) is 20.8 Å². The van der Waals surface area contributed by atoms with Crippen LogP contribution in [0, 0.1) is 5.41 Å². The Balaban J connectivity index is 2.45. The number of carbonyl (C=O) groups is 2. The number of hydrogen-bond acceptors (Lipinski definition) is 4. The third-order valence-corrected chi connectivity index (χ3v) is 4.05. The largest absolute Gasteiger partial charge is 0.493 e.